The van der Waals surface area contributed by atoms with E-state index in [1.807, 2.05) is 36.1 Å². The molecule has 1 amide bonds. The molecule has 0 aliphatic carbocycles. The van der Waals surface area contributed by atoms with Gasteiger partial charge in [0.05, 0.1) is 18.0 Å². The van der Waals surface area contributed by atoms with Crippen LogP contribution in [0.4, 0.5) is 0 Å². The second-order valence-corrected chi connectivity index (χ2v) is 8.33. The highest BCUT2D eigenvalue weighted by atomic mass is 32.2. The van der Waals surface area contributed by atoms with E-state index in [0.29, 0.717) is 17.0 Å². The van der Waals surface area contributed by atoms with Gasteiger partial charge in [0, 0.05) is 13.1 Å². The summed E-state index contributed by atoms with van der Waals surface area (Å²) in [4.78, 5) is 14.8. The Labute approximate surface area is 158 Å². The number of thioether (sulfide) groups is 1. The normalized spacial score (nSPS) is 21.5. The van der Waals surface area contributed by atoms with Crippen LogP contribution in [-0.2, 0) is 4.79 Å². The summed E-state index contributed by atoms with van der Waals surface area (Å²) < 4.78 is 6.83. The van der Waals surface area contributed by atoms with Crippen LogP contribution in [0, 0.1) is 11.8 Å². The monoisotopic (exact) mass is 375 g/mol. The molecule has 0 saturated carbocycles. The molecular formula is C18H25N5O2S. The van der Waals surface area contributed by atoms with Gasteiger partial charge < -0.3 is 9.64 Å². The highest BCUT2D eigenvalue weighted by molar-refractivity contribution is 8.00. The zero-order valence-electron chi connectivity index (χ0n) is 15.6. The van der Waals surface area contributed by atoms with Crippen LogP contribution in [0.2, 0.25) is 0 Å². The highest BCUT2D eigenvalue weighted by Crippen LogP contribution is 2.27. The Morgan fingerprint density at radius 2 is 1.88 bits per heavy atom. The number of likely N-dealkylation sites (tertiary alicyclic amines) is 1. The second kappa shape index (κ2) is 8.07. The first-order chi connectivity index (χ1) is 12.5. The van der Waals surface area contributed by atoms with Crippen LogP contribution in [0.3, 0.4) is 0 Å². The van der Waals surface area contributed by atoms with Crippen molar-refractivity contribution in [2.75, 3.05) is 20.2 Å². The van der Waals surface area contributed by atoms with E-state index in [9.17, 15) is 4.79 Å². The summed E-state index contributed by atoms with van der Waals surface area (Å²) >= 11 is 1.39. The summed E-state index contributed by atoms with van der Waals surface area (Å²) in [5, 5.41) is 12.3. The number of piperidine rings is 1. The van der Waals surface area contributed by atoms with Crippen molar-refractivity contribution in [2.45, 2.75) is 37.6 Å². The maximum atomic E-state index is 12.9. The summed E-state index contributed by atoms with van der Waals surface area (Å²) in [6.45, 7) is 7.99. The number of carbonyl (C=O) groups excluding carboxylic acids is 1. The number of methoxy groups -OCH3 is 1. The zero-order valence-corrected chi connectivity index (χ0v) is 16.4. The van der Waals surface area contributed by atoms with Crippen LogP contribution in [0.1, 0.15) is 27.2 Å². The number of ether oxygens (including phenoxy) is 1. The average Bonchev–Trinajstić information content (AvgIpc) is 3.08. The number of aromatic nitrogens is 4. The lowest BCUT2D eigenvalue weighted by atomic mass is 9.92. The molecule has 0 unspecified atom stereocenters. The van der Waals surface area contributed by atoms with E-state index in [4.69, 9.17) is 4.74 Å². The van der Waals surface area contributed by atoms with Crippen molar-refractivity contribution in [1.29, 1.82) is 0 Å². The minimum Gasteiger partial charge on any atom is -0.497 e. The fraction of sp³-hybridized carbons (Fsp3) is 0.556. The van der Waals surface area contributed by atoms with E-state index < -0.39 is 0 Å². The van der Waals surface area contributed by atoms with Gasteiger partial charge in [-0.15, -0.1) is 5.10 Å². The van der Waals surface area contributed by atoms with E-state index in [2.05, 4.69) is 29.4 Å². The van der Waals surface area contributed by atoms with Crippen LogP contribution in [-0.4, -0.2) is 56.5 Å². The van der Waals surface area contributed by atoms with Gasteiger partial charge in [-0.1, -0.05) is 25.6 Å². The maximum absolute atomic E-state index is 12.9. The molecule has 3 rings (SSSR count). The fourth-order valence-electron chi connectivity index (χ4n) is 3.45. The first-order valence-corrected chi connectivity index (χ1v) is 9.74. The number of nitrogens with zero attached hydrogens (tertiary/aromatic N) is 5. The van der Waals surface area contributed by atoms with Crippen molar-refractivity contribution in [3.05, 3.63) is 24.3 Å². The van der Waals surface area contributed by atoms with Crippen molar-refractivity contribution in [3.63, 3.8) is 0 Å². The lowest BCUT2D eigenvalue weighted by Crippen LogP contribution is -2.45. The minimum atomic E-state index is -0.240. The molecule has 1 fully saturated rings. The van der Waals surface area contributed by atoms with Gasteiger partial charge in [-0.05, 0) is 59.9 Å². The molecule has 1 aliphatic rings. The van der Waals surface area contributed by atoms with Crippen LogP contribution >= 0.6 is 11.8 Å². The Balaban J connectivity index is 1.70. The predicted octanol–water partition coefficient (Wildman–Crippen LogP) is 2.66. The van der Waals surface area contributed by atoms with Gasteiger partial charge >= 0.3 is 0 Å². The standard InChI is InChI=1S/C18H25N5O2S/c1-12-9-13(2)11-22(10-12)17(24)14(3)26-18-19-20-21-23(18)15-5-7-16(25-4)8-6-15/h5-8,12-14H,9-11H2,1-4H3/t12-,13+,14-/m1/s1. The van der Waals surface area contributed by atoms with Crippen LogP contribution < -0.4 is 4.74 Å². The van der Waals surface area contributed by atoms with Gasteiger partial charge in [0.1, 0.15) is 5.75 Å². The fourth-order valence-corrected chi connectivity index (χ4v) is 4.34. The molecular weight excluding hydrogens is 350 g/mol. The van der Waals surface area contributed by atoms with Crippen molar-refractivity contribution >= 4 is 17.7 Å². The molecule has 1 saturated heterocycles. The summed E-state index contributed by atoms with van der Waals surface area (Å²) in [7, 11) is 1.63. The largest absolute Gasteiger partial charge is 0.497 e. The van der Waals surface area contributed by atoms with Gasteiger partial charge in [-0.25, -0.2) is 0 Å². The van der Waals surface area contributed by atoms with E-state index in [0.717, 1.165) is 24.5 Å². The number of hydrogen-bond acceptors (Lipinski definition) is 6. The van der Waals surface area contributed by atoms with Gasteiger partial charge in [-0.2, -0.15) is 4.68 Å². The van der Waals surface area contributed by atoms with Crippen LogP contribution in [0.25, 0.3) is 5.69 Å². The van der Waals surface area contributed by atoms with Gasteiger partial charge in [0.15, 0.2) is 0 Å². The molecule has 3 atom stereocenters. The lowest BCUT2D eigenvalue weighted by molar-refractivity contribution is -0.132. The average molecular weight is 375 g/mol. The summed E-state index contributed by atoms with van der Waals surface area (Å²) in [5.74, 6) is 2.01. The topological polar surface area (TPSA) is 73.1 Å². The smallest absolute Gasteiger partial charge is 0.235 e. The molecule has 8 heteroatoms. The van der Waals surface area contributed by atoms with E-state index in [1.54, 1.807) is 11.8 Å². The Kier molecular flexibility index (Phi) is 5.80. The third-order valence-electron chi connectivity index (χ3n) is 4.57. The first-order valence-electron chi connectivity index (χ1n) is 8.86. The molecule has 1 aromatic carbocycles. The summed E-state index contributed by atoms with van der Waals surface area (Å²) in [5.41, 5.74) is 0.832. The van der Waals surface area contributed by atoms with Crippen molar-refractivity contribution in [1.82, 2.24) is 25.1 Å². The summed E-state index contributed by atoms with van der Waals surface area (Å²) in [6.07, 6.45) is 1.18. The van der Waals surface area contributed by atoms with Gasteiger partial charge in [-0.3, -0.25) is 4.79 Å². The quantitative estimate of drug-likeness (QED) is 0.748. The third-order valence-corrected chi connectivity index (χ3v) is 5.59. The molecule has 1 aliphatic heterocycles. The van der Waals surface area contributed by atoms with Crippen molar-refractivity contribution < 1.29 is 9.53 Å². The molecule has 2 aromatic rings. The maximum Gasteiger partial charge on any atom is 0.235 e. The van der Waals surface area contributed by atoms with Crippen molar-refractivity contribution in [2.24, 2.45) is 11.8 Å². The first kappa shape index (κ1) is 18.7. The minimum absolute atomic E-state index is 0.151. The molecule has 0 spiro atoms. The van der Waals surface area contributed by atoms with Gasteiger partial charge in [0.2, 0.25) is 11.1 Å². The molecule has 26 heavy (non-hydrogen) atoms. The molecule has 0 radical (unpaired) electrons. The second-order valence-electron chi connectivity index (χ2n) is 7.02. The Bertz CT molecular complexity index is 738. The number of carbonyl (C=O) groups is 1. The Morgan fingerprint density at radius 1 is 1.23 bits per heavy atom. The number of tetrazole rings is 1. The number of hydrogen-bond donors (Lipinski definition) is 0. The highest BCUT2D eigenvalue weighted by Gasteiger charge is 2.29. The van der Waals surface area contributed by atoms with E-state index in [1.165, 1.54) is 18.2 Å². The molecule has 7 nitrogen and oxygen atoms in total. The Hall–Kier alpha value is -2.09. The van der Waals surface area contributed by atoms with E-state index in [-0.39, 0.29) is 11.2 Å². The zero-order chi connectivity index (χ0) is 18.7. The number of amides is 1. The molecule has 0 bridgehead atoms. The van der Waals surface area contributed by atoms with Crippen molar-refractivity contribution in [3.8, 4) is 11.4 Å². The van der Waals surface area contributed by atoms with Gasteiger partial charge in [0.25, 0.3) is 0 Å². The van der Waals surface area contributed by atoms with Crippen LogP contribution in [0.15, 0.2) is 29.4 Å². The number of rotatable bonds is 5. The number of benzene rings is 1. The molecule has 140 valence electrons. The van der Waals surface area contributed by atoms with E-state index >= 15 is 0 Å². The molecule has 0 N–H and O–H groups in total. The molecule has 2 heterocycles. The third kappa shape index (κ3) is 4.17. The summed E-state index contributed by atoms with van der Waals surface area (Å²) in [6, 6.07) is 7.49. The Morgan fingerprint density at radius 3 is 2.50 bits per heavy atom. The molecule has 1 aromatic heterocycles. The predicted molar refractivity (Wildman–Crippen MR) is 101 cm³/mol. The SMILES string of the molecule is COc1ccc(-n2nnnc2S[C@H](C)C(=O)N2C[C@H](C)C[C@H](C)C2)cc1. The van der Waals surface area contributed by atoms with Crippen LogP contribution in [0.5, 0.6) is 5.75 Å². The lowest BCUT2D eigenvalue weighted by Gasteiger charge is -2.36.